The lowest BCUT2D eigenvalue weighted by molar-refractivity contribution is 0.420. The Morgan fingerprint density at radius 2 is 2.37 bits per heavy atom. The van der Waals surface area contributed by atoms with Crippen LogP contribution in [0, 0.1) is 18.3 Å². The number of ether oxygens (including phenoxy) is 1. The number of methoxy groups -OCH3 is 1. The van der Waals surface area contributed by atoms with Gasteiger partial charge >= 0.3 is 0 Å². The topological polar surface area (TPSA) is 84.0 Å². The van der Waals surface area contributed by atoms with Crippen molar-refractivity contribution >= 4 is 22.0 Å². The number of anilines is 2. The fourth-order valence-electron chi connectivity index (χ4n) is 1.70. The molecule has 3 N–H and O–H groups in total. The standard InChI is InChI=1S/C13H14N4OS/c1-8-4-3-5-16-9(8)7-17-13-12(18-2)11(15)10(6-14)19-13/h3-5,17H,7,15H2,1-2H3. The van der Waals surface area contributed by atoms with Gasteiger partial charge in [-0.25, -0.2) is 0 Å². The van der Waals surface area contributed by atoms with Crippen molar-refractivity contribution in [3.63, 3.8) is 0 Å². The molecule has 5 nitrogen and oxygen atoms in total. The fraction of sp³-hybridized carbons (Fsp3) is 0.231. The molecule has 2 heterocycles. The summed E-state index contributed by atoms with van der Waals surface area (Å²) in [5.41, 5.74) is 8.28. The van der Waals surface area contributed by atoms with Crippen molar-refractivity contribution in [2.75, 3.05) is 18.2 Å². The third-order valence-electron chi connectivity index (χ3n) is 2.74. The van der Waals surface area contributed by atoms with Gasteiger partial charge in [0.2, 0.25) is 0 Å². The number of nitrogens with two attached hydrogens (primary N) is 1. The van der Waals surface area contributed by atoms with Crippen LogP contribution in [0.2, 0.25) is 0 Å². The van der Waals surface area contributed by atoms with E-state index in [-0.39, 0.29) is 0 Å². The molecule has 6 heteroatoms. The molecule has 2 aromatic rings. The summed E-state index contributed by atoms with van der Waals surface area (Å²) in [4.78, 5) is 4.76. The largest absolute Gasteiger partial charge is 0.492 e. The van der Waals surface area contributed by atoms with Gasteiger partial charge in [0.05, 0.1) is 19.3 Å². The van der Waals surface area contributed by atoms with Crippen LogP contribution in [0.3, 0.4) is 0 Å². The van der Waals surface area contributed by atoms with E-state index in [4.69, 9.17) is 15.7 Å². The molecule has 98 valence electrons. The fourth-order valence-corrected chi connectivity index (χ4v) is 2.58. The highest BCUT2D eigenvalue weighted by atomic mass is 32.1. The first-order chi connectivity index (χ1) is 9.17. The van der Waals surface area contributed by atoms with Crippen LogP contribution < -0.4 is 15.8 Å². The van der Waals surface area contributed by atoms with Gasteiger partial charge in [-0.05, 0) is 18.6 Å². The van der Waals surface area contributed by atoms with E-state index < -0.39 is 0 Å². The summed E-state index contributed by atoms with van der Waals surface area (Å²) in [6.07, 6.45) is 1.75. The third kappa shape index (κ3) is 2.61. The molecular formula is C13H14N4OS. The molecule has 0 aliphatic rings. The van der Waals surface area contributed by atoms with E-state index in [0.29, 0.717) is 22.9 Å². The van der Waals surface area contributed by atoms with Crippen LogP contribution in [-0.2, 0) is 6.54 Å². The summed E-state index contributed by atoms with van der Waals surface area (Å²) in [6.45, 7) is 2.57. The van der Waals surface area contributed by atoms with E-state index in [0.717, 1.165) is 16.3 Å². The molecule has 2 aromatic heterocycles. The number of rotatable bonds is 4. The Morgan fingerprint density at radius 3 is 3.00 bits per heavy atom. The minimum Gasteiger partial charge on any atom is -0.492 e. The molecule has 0 fully saturated rings. The number of thiophene rings is 1. The SMILES string of the molecule is COc1c(NCc2ncccc2C)sc(C#N)c1N. The Morgan fingerprint density at radius 1 is 1.58 bits per heavy atom. The second-order valence-electron chi connectivity index (χ2n) is 3.94. The maximum atomic E-state index is 8.97. The first kappa shape index (κ1) is 13.2. The predicted molar refractivity (Wildman–Crippen MR) is 76.3 cm³/mol. The van der Waals surface area contributed by atoms with Crippen molar-refractivity contribution in [3.05, 3.63) is 34.5 Å². The normalized spacial score (nSPS) is 9.95. The van der Waals surface area contributed by atoms with Gasteiger partial charge in [0.1, 0.15) is 21.6 Å². The number of hydrogen-bond acceptors (Lipinski definition) is 6. The zero-order valence-corrected chi connectivity index (χ0v) is 11.5. The van der Waals surface area contributed by atoms with Crippen molar-refractivity contribution in [1.29, 1.82) is 5.26 Å². The molecule has 0 unspecified atom stereocenters. The monoisotopic (exact) mass is 274 g/mol. The lowest BCUT2D eigenvalue weighted by Gasteiger charge is -2.08. The average Bonchev–Trinajstić information content (AvgIpc) is 2.73. The minimum absolute atomic E-state index is 0.384. The molecule has 19 heavy (non-hydrogen) atoms. The van der Waals surface area contributed by atoms with Crippen LogP contribution in [0.5, 0.6) is 5.75 Å². The molecule has 0 bridgehead atoms. The highest BCUT2D eigenvalue weighted by molar-refractivity contribution is 7.17. The molecule has 0 saturated heterocycles. The molecule has 0 atom stereocenters. The van der Waals surface area contributed by atoms with Crippen molar-refractivity contribution in [2.45, 2.75) is 13.5 Å². The Balaban J connectivity index is 2.21. The number of nitrogen functional groups attached to an aromatic ring is 1. The lowest BCUT2D eigenvalue weighted by Crippen LogP contribution is -2.03. The van der Waals surface area contributed by atoms with Crippen molar-refractivity contribution in [3.8, 4) is 11.8 Å². The molecular weight excluding hydrogens is 260 g/mol. The summed E-state index contributed by atoms with van der Waals surface area (Å²) >= 11 is 1.29. The van der Waals surface area contributed by atoms with Crippen LogP contribution in [0.15, 0.2) is 18.3 Å². The number of hydrogen-bond donors (Lipinski definition) is 2. The number of aryl methyl sites for hydroxylation is 1. The summed E-state index contributed by atoms with van der Waals surface area (Å²) in [7, 11) is 1.54. The smallest absolute Gasteiger partial charge is 0.177 e. The number of nitriles is 1. The van der Waals surface area contributed by atoms with E-state index in [9.17, 15) is 0 Å². The van der Waals surface area contributed by atoms with Crippen molar-refractivity contribution in [2.24, 2.45) is 0 Å². The van der Waals surface area contributed by atoms with Gasteiger partial charge in [0, 0.05) is 6.20 Å². The molecule has 0 radical (unpaired) electrons. The van der Waals surface area contributed by atoms with E-state index in [1.54, 1.807) is 6.20 Å². The molecule has 0 aliphatic heterocycles. The predicted octanol–water partition coefficient (Wildman–Crippen LogP) is 2.53. The van der Waals surface area contributed by atoms with Gasteiger partial charge in [-0.3, -0.25) is 4.98 Å². The summed E-state index contributed by atoms with van der Waals surface area (Å²) in [6, 6.07) is 5.96. The minimum atomic E-state index is 0.384. The van der Waals surface area contributed by atoms with Gasteiger partial charge in [0.25, 0.3) is 0 Å². The van der Waals surface area contributed by atoms with Crippen LogP contribution in [-0.4, -0.2) is 12.1 Å². The second kappa shape index (κ2) is 5.59. The van der Waals surface area contributed by atoms with Gasteiger partial charge < -0.3 is 15.8 Å². The maximum Gasteiger partial charge on any atom is 0.177 e. The van der Waals surface area contributed by atoms with Gasteiger partial charge in [-0.15, -0.1) is 11.3 Å². The number of nitrogens with one attached hydrogen (secondary N) is 1. The lowest BCUT2D eigenvalue weighted by atomic mass is 10.2. The first-order valence-corrected chi connectivity index (χ1v) is 6.49. The van der Waals surface area contributed by atoms with E-state index >= 15 is 0 Å². The van der Waals surface area contributed by atoms with Gasteiger partial charge in [0.15, 0.2) is 5.75 Å². The first-order valence-electron chi connectivity index (χ1n) is 5.68. The third-order valence-corrected chi connectivity index (χ3v) is 3.79. The van der Waals surface area contributed by atoms with Crippen molar-refractivity contribution < 1.29 is 4.74 Å². The zero-order chi connectivity index (χ0) is 13.8. The van der Waals surface area contributed by atoms with E-state index in [1.165, 1.54) is 18.4 Å². The highest BCUT2D eigenvalue weighted by Crippen LogP contribution is 2.42. The van der Waals surface area contributed by atoms with Gasteiger partial charge in [-0.1, -0.05) is 6.07 Å². The molecule has 0 amide bonds. The Labute approximate surface area is 115 Å². The van der Waals surface area contributed by atoms with E-state index in [1.807, 2.05) is 19.1 Å². The average molecular weight is 274 g/mol. The Kier molecular flexibility index (Phi) is 3.88. The van der Waals surface area contributed by atoms with Crippen LogP contribution in [0.1, 0.15) is 16.1 Å². The van der Waals surface area contributed by atoms with Gasteiger partial charge in [-0.2, -0.15) is 5.26 Å². The maximum absolute atomic E-state index is 8.97. The second-order valence-corrected chi connectivity index (χ2v) is 4.96. The quantitative estimate of drug-likeness (QED) is 0.895. The van der Waals surface area contributed by atoms with Crippen LogP contribution in [0.4, 0.5) is 10.7 Å². The Hall–Kier alpha value is -2.26. The molecule has 2 rings (SSSR count). The van der Waals surface area contributed by atoms with E-state index in [2.05, 4.69) is 16.4 Å². The number of nitrogens with zero attached hydrogens (tertiary/aromatic N) is 2. The molecule has 0 aromatic carbocycles. The van der Waals surface area contributed by atoms with Crippen LogP contribution in [0.25, 0.3) is 0 Å². The van der Waals surface area contributed by atoms with Crippen molar-refractivity contribution in [1.82, 2.24) is 4.98 Å². The number of pyridine rings is 1. The molecule has 0 saturated carbocycles. The molecule has 0 aliphatic carbocycles. The molecule has 0 spiro atoms. The summed E-state index contributed by atoms with van der Waals surface area (Å²) in [5.74, 6) is 0.523. The summed E-state index contributed by atoms with van der Waals surface area (Å²) in [5, 5.41) is 12.9. The highest BCUT2D eigenvalue weighted by Gasteiger charge is 2.16. The number of aromatic nitrogens is 1. The summed E-state index contributed by atoms with van der Waals surface area (Å²) < 4.78 is 5.23. The Bertz CT molecular complexity index is 630. The zero-order valence-electron chi connectivity index (χ0n) is 10.7. The van der Waals surface area contributed by atoms with Crippen LogP contribution >= 0.6 is 11.3 Å².